The maximum atomic E-state index is 9.61. The molecule has 0 radical (unpaired) electrons. The minimum atomic E-state index is -0.00399. The van der Waals surface area contributed by atoms with Crippen molar-refractivity contribution in [2.45, 2.75) is 52.4 Å². The Balaban J connectivity index is 1.47. The molecule has 0 aliphatic rings. The Morgan fingerprint density at radius 1 is 0.542 bits per heavy atom. The van der Waals surface area contributed by atoms with Gasteiger partial charge < -0.3 is 4.57 Å². The average Bonchev–Trinajstić information content (AvgIpc) is 3.59. The van der Waals surface area contributed by atoms with Gasteiger partial charge in [0.05, 0.1) is 45.6 Å². The molecule has 8 rings (SSSR count). The fourth-order valence-electron chi connectivity index (χ4n) is 7.07. The lowest BCUT2D eigenvalue weighted by atomic mass is 9.86. The van der Waals surface area contributed by atoms with Crippen molar-refractivity contribution in [2.75, 3.05) is 0 Å². The Labute approximate surface area is 281 Å². The first-order chi connectivity index (χ1) is 23.0. The highest BCUT2D eigenvalue weighted by molar-refractivity contribution is 6.11. The smallest absolute Gasteiger partial charge is 0.138 e. The van der Waals surface area contributed by atoms with E-state index in [4.69, 9.17) is 4.98 Å². The van der Waals surface area contributed by atoms with Gasteiger partial charge in [0.1, 0.15) is 5.82 Å². The molecule has 0 unspecified atom stereocenters. The third-order valence-corrected chi connectivity index (χ3v) is 9.74. The molecule has 0 bridgehead atoms. The summed E-state index contributed by atoms with van der Waals surface area (Å²) in [4.78, 5) is 5.26. The van der Waals surface area contributed by atoms with Crippen molar-refractivity contribution < 1.29 is 0 Å². The third-order valence-electron chi connectivity index (χ3n) is 9.74. The zero-order valence-electron chi connectivity index (χ0n) is 28.3. The molecular formula is C44H38N4. The molecule has 3 aromatic heterocycles. The van der Waals surface area contributed by atoms with E-state index in [2.05, 4.69) is 160 Å². The molecule has 3 heterocycles. The van der Waals surface area contributed by atoms with Crippen molar-refractivity contribution in [1.29, 1.82) is 5.26 Å². The molecule has 234 valence electrons. The van der Waals surface area contributed by atoms with Crippen LogP contribution in [0.1, 0.15) is 58.2 Å². The van der Waals surface area contributed by atoms with Gasteiger partial charge in [-0.2, -0.15) is 5.26 Å². The second kappa shape index (κ2) is 10.7. The molecule has 0 fully saturated rings. The van der Waals surface area contributed by atoms with Crippen molar-refractivity contribution in [3.8, 4) is 28.7 Å². The number of fused-ring (bicyclic) bond motifs is 6. The molecule has 0 atom stereocenters. The highest BCUT2D eigenvalue weighted by atomic mass is 15.1. The first kappa shape index (κ1) is 29.7. The molecule has 0 aliphatic heterocycles. The van der Waals surface area contributed by atoms with Crippen molar-refractivity contribution in [2.24, 2.45) is 0 Å². The van der Waals surface area contributed by atoms with Crippen molar-refractivity contribution in [3.63, 3.8) is 0 Å². The zero-order chi connectivity index (χ0) is 33.4. The van der Waals surface area contributed by atoms with Gasteiger partial charge in [-0.25, -0.2) is 4.98 Å². The average molecular weight is 623 g/mol. The summed E-state index contributed by atoms with van der Waals surface area (Å²) in [6, 6.07) is 43.3. The molecule has 0 saturated carbocycles. The molecule has 8 aromatic rings. The van der Waals surface area contributed by atoms with Gasteiger partial charge in [0, 0.05) is 27.1 Å². The molecule has 0 N–H and O–H groups in total. The van der Waals surface area contributed by atoms with Crippen LogP contribution < -0.4 is 0 Å². The van der Waals surface area contributed by atoms with E-state index in [1.165, 1.54) is 32.7 Å². The topological polar surface area (TPSA) is 46.5 Å². The molecule has 48 heavy (non-hydrogen) atoms. The summed E-state index contributed by atoms with van der Waals surface area (Å²) >= 11 is 0. The molecule has 4 heteroatoms. The maximum absolute atomic E-state index is 9.61. The highest BCUT2D eigenvalue weighted by Crippen LogP contribution is 2.40. The summed E-state index contributed by atoms with van der Waals surface area (Å²) in [6.45, 7) is 13.6. The number of nitriles is 1. The van der Waals surface area contributed by atoms with Gasteiger partial charge in [-0.05, 0) is 70.0 Å². The van der Waals surface area contributed by atoms with Gasteiger partial charge in [0.15, 0.2) is 0 Å². The Morgan fingerprint density at radius 3 is 1.58 bits per heavy atom. The van der Waals surface area contributed by atoms with Crippen LogP contribution in [0.5, 0.6) is 0 Å². The zero-order valence-corrected chi connectivity index (χ0v) is 28.3. The van der Waals surface area contributed by atoms with Crippen LogP contribution in [0.15, 0.2) is 121 Å². The molecule has 5 aromatic carbocycles. The van der Waals surface area contributed by atoms with Crippen LogP contribution in [0.2, 0.25) is 0 Å². The van der Waals surface area contributed by atoms with Crippen LogP contribution in [-0.2, 0) is 10.8 Å². The predicted molar refractivity (Wildman–Crippen MR) is 200 cm³/mol. The van der Waals surface area contributed by atoms with Crippen LogP contribution in [0.4, 0.5) is 0 Å². The Kier molecular flexibility index (Phi) is 6.62. The van der Waals surface area contributed by atoms with Crippen LogP contribution in [-0.4, -0.2) is 14.1 Å². The highest BCUT2D eigenvalue weighted by Gasteiger charge is 2.22. The van der Waals surface area contributed by atoms with Gasteiger partial charge in [-0.15, -0.1) is 0 Å². The Bertz CT molecular complexity index is 2580. The molecular weight excluding hydrogens is 585 g/mol. The van der Waals surface area contributed by atoms with Crippen molar-refractivity contribution in [3.05, 3.63) is 138 Å². The lowest BCUT2D eigenvalue weighted by Crippen LogP contribution is -2.11. The fourth-order valence-corrected chi connectivity index (χ4v) is 7.07. The molecule has 0 aliphatic carbocycles. The molecule has 0 amide bonds. The van der Waals surface area contributed by atoms with Crippen molar-refractivity contribution >= 4 is 43.6 Å². The second-order valence-electron chi connectivity index (χ2n) is 14.9. The summed E-state index contributed by atoms with van der Waals surface area (Å²) in [7, 11) is 0. The van der Waals surface area contributed by atoms with Gasteiger partial charge >= 0.3 is 0 Å². The van der Waals surface area contributed by atoms with E-state index in [0.29, 0.717) is 5.56 Å². The Hall–Kier alpha value is -5.66. The molecule has 4 nitrogen and oxygen atoms in total. The van der Waals surface area contributed by atoms with Gasteiger partial charge in [0.25, 0.3) is 0 Å². The van der Waals surface area contributed by atoms with Crippen LogP contribution in [0.3, 0.4) is 0 Å². The summed E-state index contributed by atoms with van der Waals surface area (Å²) in [5, 5.41) is 14.5. The summed E-state index contributed by atoms with van der Waals surface area (Å²) in [6.07, 6.45) is 2.03. The van der Waals surface area contributed by atoms with E-state index in [1.54, 1.807) is 0 Å². The summed E-state index contributed by atoms with van der Waals surface area (Å²) in [5.74, 6) is 0.853. The number of benzene rings is 5. The monoisotopic (exact) mass is 622 g/mol. The first-order valence-electron chi connectivity index (χ1n) is 16.6. The summed E-state index contributed by atoms with van der Waals surface area (Å²) < 4.78 is 4.67. The minimum absolute atomic E-state index is 0.00283. The van der Waals surface area contributed by atoms with E-state index in [1.807, 2.05) is 18.3 Å². The first-order valence-corrected chi connectivity index (χ1v) is 16.6. The fraction of sp³-hybridized carbons (Fsp3) is 0.182. The van der Waals surface area contributed by atoms with E-state index >= 15 is 0 Å². The number of hydrogen-bond donors (Lipinski definition) is 0. The third kappa shape index (κ3) is 4.69. The van der Waals surface area contributed by atoms with E-state index in [-0.39, 0.29) is 10.8 Å². The minimum Gasteiger partial charge on any atom is -0.307 e. The van der Waals surface area contributed by atoms with Crippen LogP contribution >= 0.6 is 0 Å². The van der Waals surface area contributed by atoms with E-state index in [0.717, 1.165) is 44.7 Å². The van der Waals surface area contributed by atoms with Crippen molar-refractivity contribution in [1.82, 2.24) is 14.1 Å². The number of nitrogens with zero attached hydrogens (tertiary/aromatic N) is 4. The van der Waals surface area contributed by atoms with Crippen LogP contribution in [0, 0.1) is 11.3 Å². The van der Waals surface area contributed by atoms with Gasteiger partial charge in [-0.1, -0.05) is 114 Å². The maximum Gasteiger partial charge on any atom is 0.138 e. The largest absolute Gasteiger partial charge is 0.307 e. The number of pyridine rings is 1. The predicted octanol–water partition coefficient (Wildman–Crippen LogP) is 11.4. The van der Waals surface area contributed by atoms with Gasteiger partial charge in [0.2, 0.25) is 0 Å². The quantitative estimate of drug-likeness (QED) is 0.197. The normalized spacial score (nSPS) is 12.4. The summed E-state index contributed by atoms with van der Waals surface area (Å²) in [5.41, 5.74) is 10.8. The van der Waals surface area contributed by atoms with E-state index < -0.39 is 0 Å². The lowest BCUT2D eigenvalue weighted by Gasteiger charge is -2.21. The SMILES string of the molecule is CC(C)(C)c1ccc2c3ccccc3n(-c3cc(-c4ccc(C#N)cc4)c(-n4c5ccccc5c5ccc(C(C)(C)C)cc54)cn3)c2c1. The molecule has 0 spiro atoms. The van der Waals surface area contributed by atoms with E-state index in [9.17, 15) is 5.26 Å². The van der Waals surface area contributed by atoms with Crippen LogP contribution in [0.25, 0.3) is 66.2 Å². The van der Waals surface area contributed by atoms with Gasteiger partial charge in [-0.3, -0.25) is 4.57 Å². The lowest BCUT2D eigenvalue weighted by molar-refractivity contribution is 0.590. The number of aromatic nitrogens is 3. The Morgan fingerprint density at radius 2 is 1.04 bits per heavy atom. The molecule has 0 saturated heterocycles. The second-order valence-corrected chi connectivity index (χ2v) is 14.9. The number of rotatable bonds is 3. The number of hydrogen-bond acceptors (Lipinski definition) is 2. The number of para-hydroxylation sites is 2. The standard InChI is InChI=1S/C44H38N4/c1-43(2,3)30-19-21-34-32-11-7-9-13-37(32)47(39(34)23-30)41-27-46-42(25-36(41)29-17-15-28(26-45)16-18-29)48-38-14-10-8-12-33(38)35-22-20-31(24-40(35)48)44(4,5)6/h7-25,27H,1-6H3.